The van der Waals surface area contributed by atoms with Crippen molar-refractivity contribution < 1.29 is 23.1 Å². The van der Waals surface area contributed by atoms with E-state index in [1.807, 2.05) is 0 Å². The number of halogens is 3. The molecule has 0 heterocycles. The van der Waals surface area contributed by atoms with Crippen molar-refractivity contribution in [2.45, 2.75) is 25.1 Å². The number of hydrogen-bond acceptors (Lipinski definition) is 2. The van der Waals surface area contributed by atoms with Crippen LogP contribution in [0.25, 0.3) is 0 Å². The van der Waals surface area contributed by atoms with Crippen LogP contribution in [0.4, 0.5) is 13.2 Å². The predicted octanol–water partition coefficient (Wildman–Crippen LogP) is 2.56. The van der Waals surface area contributed by atoms with Crippen LogP contribution in [0.3, 0.4) is 0 Å². The van der Waals surface area contributed by atoms with E-state index < -0.39 is 18.6 Å². The van der Waals surface area contributed by atoms with E-state index in [9.17, 15) is 18.0 Å². The number of phenolic OH excluding ortho intramolecular Hbond substituents is 1. The van der Waals surface area contributed by atoms with E-state index in [1.54, 1.807) is 0 Å². The SMILES string of the molecule is O=C(c1ccc(O)cc1)N(CC(F)(F)F)C1CC1. The number of rotatable bonds is 3. The summed E-state index contributed by atoms with van der Waals surface area (Å²) in [6.45, 7) is -1.22. The van der Waals surface area contributed by atoms with Gasteiger partial charge in [-0.1, -0.05) is 0 Å². The molecule has 1 aromatic carbocycles. The first-order valence-electron chi connectivity index (χ1n) is 5.53. The minimum atomic E-state index is -4.39. The van der Waals surface area contributed by atoms with Crippen molar-refractivity contribution in [3.05, 3.63) is 29.8 Å². The molecular formula is C12H12F3NO2. The molecular weight excluding hydrogens is 247 g/mol. The highest BCUT2D eigenvalue weighted by Gasteiger charge is 2.40. The minimum Gasteiger partial charge on any atom is -0.508 e. The maximum atomic E-state index is 12.4. The Balaban J connectivity index is 2.15. The van der Waals surface area contributed by atoms with E-state index in [-0.39, 0.29) is 17.4 Å². The van der Waals surface area contributed by atoms with Gasteiger partial charge < -0.3 is 10.0 Å². The van der Waals surface area contributed by atoms with Gasteiger partial charge in [0.2, 0.25) is 0 Å². The summed E-state index contributed by atoms with van der Waals surface area (Å²) >= 11 is 0. The Kier molecular flexibility index (Phi) is 3.19. The second-order valence-electron chi connectivity index (χ2n) is 4.33. The third-order valence-electron chi connectivity index (χ3n) is 2.71. The van der Waals surface area contributed by atoms with E-state index in [4.69, 9.17) is 5.11 Å². The average molecular weight is 259 g/mol. The van der Waals surface area contributed by atoms with Gasteiger partial charge in [-0.3, -0.25) is 4.79 Å². The minimum absolute atomic E-state index is 0.0275. The van der Waals surface area contributed by atoms with Crippen molar-refractivity contribution in [3.63, 3.8) is 0 Å². The molecule has 0 radical (unpaired) electrons. The zero-order valence-corrected chi connectivity index (χ0v) is 9.44. The van der Waals surface area contributed by atoms with Crippen LogP contribution in [0.5, 0.6) is 5.75 Å². The van der Waals surface area contributed by atoms with Crippen molar-refractivity contribution in [1.29, 1.82) is 0 Å². The fourth-order valence-electron chi connectivity index (χ4n) is 1.72. The van der Waals surface area contributed by atoms with Crippen LogP contribution in [-0.2, 0) is 0 Å². The van der Waals surface area contributed by atoms with Gasteiger partial charge in [0, 0.05) is 11.6 Å². The van der Waals surface area contributed by atoms with Gasteiger partial charge in [0.1, 0.15) is 12.3 Å². The Bertz CT molecular complexity index is 438. The summed E-state index contributed by atoms with van der Waals surface area (Å²) in [4.78, 5) is 12.8. The lowest BCUT2D eigenvalue weighted by atomic mass is 10.2. The van der Waals surface area contributed by atoms with Gasteiger partial charge in [0.25, 0.3) is 5.91 Å². The molecule has 18 heavy (non-hydrogen) atoms. The molecule has 0 bridgehead atoms. The van der Waals surface area contributed by atoms with E-state index in [2.05, 4.69) is 0 Å². The van der Waals surface area contributed by atoms with Crippen molar-refractivity contribution in [1.82, 2.24) is 4.90 Å². The topological polar surface area (TPSA) is 40.5 Å². The maximum Gasteiger partial charge on any atom is 0.406 e. The monoisotopic (exact) mass is 259 g/mol. The highest BCUT2D eigenvalue weighted by molar-refractivity contribution is 5.94. The molecule has 3 nitrogen and oxygen atoms in total. The normalized spacial score (nSPS) is 15.5. The Morgan fingerprint density at radius 2 is 1.83 bits per heavy atom. The van der Waals surface area contributed by atoms with Gasteiger partial charge in [0.05, 0.1) is 0 Å². The van der Waals surface area contributed by atoms with Gasteiger partial charge in [-0.2, -0.15) is 13.2 Å². The lowest BCUT2D eigenvalue weighted by Crippen LogP contribution is -2.40. The van der Waals surface area contributed by atoms with Crippen LogP contribution in [0.1, 0.15) is 23.2 Å². The summed E-state index contributed by atoms with van der Waals surface area (Å²) in [5.41, 5.74) is 0.156. The van der Waals surface area contributed by atoms with E-state index in [1.165, 1.54) is 24.3 Å². The highest BCUT2D eigenvalue weighted by atomic mass is 19.4. The summed E-state index contributed by atoms with van der Waals surface area (Å²) in [7, 11) is 0. The fraction of sp³-hybridized carbons (Fsp3) is 0.417. The smallest absolute Gasteiger partial charge is 0.406 e. The molecule has 0 spiro atoms. The first-order valence-corrected chi connectivity index (χ1v) is 5.53. The van der Waals surface area contributed by atoms with Gasteiger partial charge in [-0.05, 0) is 37.1 Å². The van der Waals surface area contributed by atoms with Crippen LogP contribution in [0, 0.1) is 0 Å². The molecule has 0 aromatic heterocycles. The molecule has 1 aliphatic rings. The van der Waals surface area contributed by atoms with Crippen molar-refractivity contribution >= 4 is 5.91 Å². The quantitative estimate of drug-likeness (QED) is 0.906. The number of carbonyl (C=O) groups excluding carboxylic acids is 1. The zero-order valence-electron chi connectivity index (χ0n) is 9.44. The summed E-state index contributed by atoms with van der Waals surface area (Å²) in [5, 5.41) is 9.08. The van der Waals surface area contributed by atoms with Crippen LogP contribution < -0.4 is 0 Å². The van der Waals surface area contributed by atoms with Gasteiger partial charge >= 0.3 is 6.18 Å². The number of phenols is 1. The number of benzene rings is 1. The van der Waals surface area contributed by atoms with Crippen molar-refractivity contribution in [3.8, 4) is 5.75 Å². The first-order chi connectivity index (χ1) is 8.37. The van der Waals surface area contributed by atoms with Crippen molar-refractivity contribution in [2.75, 3.05) is 6.54 Å². The molecule has 1 fully saturated rings. The van der Waals surface area contributed by atoms with E-state index in [0.29, 0.717) is 12.8 Å². The third-order valence-corrected chi connectivity index (χ3v) is 2.71. The molecule has 0 unspecified atom stereocenters. The molecule has 0 atom stereocenters. The number of alkyl halides is 3. The van der Waals surface area contributed by atoms with Crippen LogP contribution in [0.15, 0.2) is 24.3 Å². The van der Waals surface area contributed by atoms with E-state index in [0.717, 1.165) is 4.90 Å². The molecule has 1 saturated carbocycles. The highest BCUT2D eigenvalue weighted by Crippen LogP contribution is 2.31. The number of amides is 1. The third kappa shape index (κ3) is 3.15. The van der Waals surface area contributed by atoms with Gasteiger partial charge in [0.15, 0.2) is 0 Å². The standard InChI is InChI=1S/C12H12F3NO2/c13-12(14,15)7-16(9-3-4-9)11(18)8-1-5-10(17)6-2-8/h1-2,5-6,9,17H,3-4,7H2. The van der Waals surface area contributed by atoms with Gasteiger partial charge in [-0.25, -0.2) is 0 Å². The van der Waals surface area contributed by atoms with Crippen LogP contribution >= 0.6 is 0 Å². The Morgan fingerprint density at radius 3 is 2.28 bits per heavy atom. The summed E-state index contributed by atoms with van der Waals surface area (Å²) in [5.74, 6) is -0.671. The average Bonchev–Trinajstić information content (AvgIpc) is 3.08. The Hall–Kier alpha value is -1.72. The molecule has 1 aliphatic carbocycles. The Labute approximate surface area is 102 Å². The molecule has 98 valence electrons. The maximum absolute atomic E-state index is 12.4. The zero-order chi connectivity index (χ0) is 13.3. The van der Waals surface area contributed by atoms with Crippen molar-refractivity contribution in [2.24, 2.45) is 0 Å². The van der Waals surface area contributed by atoms with E-state index >= 15 is 0 Å². The molecule has 0 aliphatic heterocycles. The molecule has 1 N–H and O–H groups in total. The first kappa shape index (κ1) is 12.7. The second kappa shape index (κ2) is 4.51. The lowest BCUT2D eigenvalue weighted by molar-refractivity contribution is -0.141. The van der Waals surface area contributed by atoms with Gasteiger partial charge in [-0.15, -0.1) is 0 Å². The molecule has 2 rings (SSSR count). The molecule has 1 aromatic rings. The second-order valence-corrected chi connectivity index (χ2v) is 4.33. The number of nitrogens with zero attached hydrogens (tertiary/aromatic N) is 1. The fourth-order valence-corrected chi connectivity index (χ4v) is 1.72. The summed E-state index contributed by atoms with van der Waals surface area (Å²) < 4.78 is 37.2. The largest absolute Gasteiger partial charge is 0.508 e. The molecule has 0 saturated heterocycles. The lowest BCUT2D eigenvalue weighted by Gasteiger charge is -2.23. The molecule has 1 amide bonds. The van der Waals surface area contributed by atoms with Crippen LogP contribution in [0.2, 0.25) is 0 Å². The summed E-state index contributed by atoms with van der Waals surface area (Å²) in [6.07, 6.45) is -3.17. The summed E-state index contributed by atoms with van der Waals surface area (Å²) in [6, 6.07) is 4.90. The number of carbonyl (C=O) groups is 1. The predicted molar refractivity (Wildman–Crippen MR) is 58.2 cm³/mol. The van der Waals surface area contributed by atoms with Crippen LogP contribution in [-0.4, -0.2) is 34.7 Å². The Morgan fingerprint density at radius 1 is 1.28 bits per heavy atom. The molecule has 6 heteroatoms. The number of hydrogen-bond donors (Lipinski definition) is 1. The number of aromatic hydroxyl groups is 1.